The Hall–Kier alpha value is -7.39. The summed E-state index contributed by atoms with van der Waals surface area (Å²) in [5, 5.41) is 32.6. The first-order chi connectivity index (χ1) is 36.7. The van der Waals surface area contributed by atoms with Gasteiger partial charge in [0.05, 0.1) is 35.2 Å². The zero-order valence-electron chi connectivity index (χ0n) is 43.8. The molecule has 5 aromatic rings. The quantitative estimate of drug-likeness (QED) is 0.0241. The number of benzene rings is 3. The van der Waals surface area contributed by atoms with Gasteiger partial charge in [0.25, 0.3) is 0 Å². The number of unbranched alkanes of at least 4 members (excludes halogenated alkanes) is 3. The number of carboxylic acid groups (broad SMARTS) is 1. The number of nitrogens with zero attached hydrogens (tertiary/aromatic N) is 7. The number of piperazine rings is 1. The third kappa shape index (κ3) is 15.4. The smallest absolute Gasteiger partial charge is 0.410 e. The summed E-state index contributed by atoms with van der Waals surface area (Å²) in [5.74, 6) is -1.93. The molecule has 2 saturated heterocycles. The molecule has 2 aliphatic rings. The number of carbonyl (C=O) groups excluding carboxylic acids is 4. The number of aromatic carboxylic acids is 1. The van der Waals surface area contributed by atoms with E-state index in [0.717, 1.165) is 61.7 Å². The summed E-state index contributed by atoms with van der Waals surface area (Å²) in [6, 6.07) is 20.0. The number of hydrogen-bond acceptors (Lipinski definition) is 13. The number of ether oxygens (including phenoxy) is 1. The molecular weight excluding hydrogens is 976 g/mol. The molecule has 76 heavy (non-hydrogen) atoms. The van der Waals surface area contributed by atoms with Crippen molar-refractivity contribution >= 4 is 52.2 Å². The molecule has 0 radical (unpaired) electrons. The standard InChI is InChI=1S/C55H73FN12O8/c1-4-64-34-44(53(72)73)52(71)43-30-45(56)48(31-47(43)64)65-25-27-66(28-26-65)55(75)76-36-39-16-18-40(19-17-39)60-33-42(15-12-23-59-54(57)74)68-35-46(62-63-68)51(37(2)3)61-32-41(29-38-13-8-7-9-14-38)58-22-10-5-6-11-24-67-49(69)20-21-50(67)70/h7-9,13-14,16-19,30-31,34-35,37,41-42,51,58,60-61H,4-6,10-12,15,20-29,32-33,36H2,1-3H3,(H,72,73)(H3,57,59,74)/t41-,42-,51-/m0/s1. The van der Waals surface area contributed by atoms with E-state index in [0.29, 0.717) is 77.0 Å². The molecule has 21 heteroatoms. The minimum atomic E-state index is -1.37. The number of pyridine rings is 1. The maximum atomic E-state index is 15.4. The Morgan fingerprint density at radius 1 is 0.842 bits per heavy atom. The van der Waals surface area contributed by atoms with Crippen LogP contribution in [0.2, 0.25) is 0 Å². The Labute approximate surface area is 442 Å². The Balaban J connectivity index is 0.900. The lowest BCUT2D eigenvalue weighted by Gasteiger charge is -2.35. The number of aryl methyl sites for hydroxylation is 1. The SMILES string of the molecule is CCn1cc(C(=O)O)c(=O)c2cc(F)c(N3CCN(C(=O)OCc4ccc(NC[C@H](CCCNC(N)=O)n5cc([C@@H](NC[C@H](Cc6ccccc6)NCCCCCCN6C(=O)CCC6=O)C(C)C)nn5)cc4)CC3)cc21. The van der Waals surface area contributed by atoms with Crippen LogP contribution < -0.4 is 37.3 Å². The Bertz CT molecular complexity index is 2800. The van der Waals surface area contributed by atoms with Crippen molar-refractivity contribution in [2.45, 2.75) is 110 Å². The van der Waals surface area contributed by atoms with Gasteiger partial charge in [-0.15, -0.1) is 5.10 Å². The van der Waals surface area contributed by atoms with Crippen LogP contribution in [0, 0.1) is 11.7 Å². The number of nitrogens with two attached hydrogens (primary N) is 1. The molecular formula is C55H73FN12O8. The van der Waals surface area contributed by atoms with Crippen molar-refractivity contribution in [3.05, 3.63) is 118 Å². The Kier molecular flexibility index (Phi) is 20.3. The van der Waals surface area contributed by atoms with Crippen molar-refractivity contribution in [3.63, 3.8) is 0 Å². The largest absolute Gasteiger partial charge is 0.477 e. The van der Waals surface area contributed by atoms with Gasteiger partial charge in [-0.05, 0) is 86.9 Å². The second kappa shape index (κ2) is 27.4. The monoisotopic (exact) mass is 1050 g/mol. The van der Waals surface area contributed by atoms with Gasteiger partial charge in [0, 0.05) is 95.1 Å². The van der Waals surface area contributed by atoms with E-state index in [9.17, 15) is 33.9 Å². The van der Waals surface area contributed by atoms with Crippen LogP contribution in [-0.4, -0.2) is 129 Å². The van der Waals surface area contributed by atoms with E-state index in [2.05, 4.69) is 69.7 Å². The molecule has 2 aromatic heterocycles. The number of hydrogen-bond donors (Lipinski definition) is 6. The van der Waals surface area contributed by atoms with Crippen LogP contribution in [0.25, 0.3) is 10.9 Å². The molecule has 2 aliphatic heterocycles. The van der Waals surface area contributed by atoms with E-state index >= 15 is 4.39 Å². The molecule has 2 fully saturated rings. The molecule has 5 amide bonds. The average molecular weight is 1050 g/mol. The third-order valence-corrected chi connectivity index (χ3v) is 14.2. The first-order valence-electron chi connectivity index (χ1n) is 26.6. The third-order valence-electron chi connectivity index (χ3n) is 14.2. The summed E-state index contributed by atoms with van der Waals surface area (Å²) >= 11 is 0. The van der Waals surface area contributed by atoms with Crippen LogP contribution >= 0.6 is 0 Å². The van der Waals surface area contributed by atoms with Crippen molar-refractivity contribution in [2.75, 3.05) is 69.1 Å². The maximum Gasteiger partial charge on any atom is 0.410 e. The molecule has 4 heterocycles. The fourth-order valence-corrected chi connectivity index (χ4v) is 9.86. The van der Waals surface area contributed by atoms with Crippen molar-refractivity contribution in [1.82, 2.24) is 45.3 Å². The molecule has 7 N–H and O–H groups in total. The molecule has 0 aliphatic carbocycles. The van der Waals surface area contributed by atoms with E-state index in [1.807, 2.05) is 48.1 Å². The van der Waals surface area contributed by atoms with Crippen molar-refractivity contribution in [2.24, 2.45) is 11.7 Å². The number of likely N-dealkylation sites (tertiary alicyclic amines) is 1. The molecule has 0 bridgehead atoms. The van der Waals surface area contributed by atoms with Crippen molar-refractivity contribution in [1.29, 1.82) is 0 Å². The lowest BCUT2D eigenvalue weighted by molar-refractivity contribution is -0.138. The minimum Gasteiger partial charge on any atom is -0.477 e. The highest BCUT2D eigenvalue weighted by atomic mass is 19.1. The van der Waals surface area contributed by atoms with E-state index in [1.165, 1.54) is 16.7 Å². The Morgan fingerprint density at radius 3 is 2.25 bits per heavy atom. The fraction of sp³-hybridized carbons (Fsp3) is 0.491. The van der Waals surface area contributed by atoms with Crippen LogP contribution in [0.3, 0.4) is 0 Å². The van der Waals surface area contributed by atoms with E-state index in [1.54, 1.807) is 20.4 Å². The number of rotatable bonds is 28. The predicted octanol–water partition coefficient (Wildman–Crippen LogP) is 6.21. The normalized spacial score (nSPS) is 15.1. The highest BCUT2D eigenvalue weighted by Gasteiger charge is 2.29. The van der Waals surface area contributed by atoms with Crippen molar-refractivity contribution < 1.29 is 38.2 Å². The van der Waals surface area contributed by atoms with Gasteiger partial charge in [-0.2, -0.15) is 0 Å². The summed E-state index contributed by atoms with van der Waals surface area (Å²) in [5.41, 5.74) is 8.60. The van der Waals surface area contributed by atoms with E-state index < -0.39 is 34.9 Å². The second-order valence-electron chi connectivity index (χ2n) is 19.9. The second-order valence-corrected chi connectivity index (χ2v) is 19.9. The highest BCUT2D eigenvalue weighted by molar-refractivity contribution is 6.01. The van der Waals surface area contributed by atoms with Gasteiger partial charge in [-0.3, -0.25) is 19.3 Å². The van der Waals surface area contributed by atoms with Gasteiger partial charge < -0.3 is 51.2 Å². The van der Waals surface area contributed by atoms with Gasteiger partial charge in [0.2, 0.25) is 17.2 Å². The molecule has 0 unspecified atom stereocenters. The molecule has 0 saturated carbocycles. The van der Waals surface area contributed by atoms with Crippen LogP contribution in [0.4, 0.5) is 25.4 Å². The summed E-state index contributed by atoms with van der Waals surface area (Å²) in [7, 11) is 0. The van der Waals surface area contributed by atoms with Crippen LogP contribution in [-0.2, 0) is 33.9 Å². The zero-order valence-corrected chi connectivity index (χ0v) is 43.8. The number of carbonyl (C=O) groups is 5. The van der Waals surface area contributed by atoms with Gasteiger partial charge in [-0.1, -0.05) is 74.4 Å². The number of primary amides is 1. The van der Waals surface area contributed by atoms with Crippen LogP contribution in [0.15, 0.2) is 83.9 Å². The zero-order chi connectivity index (χ0) is 54.1. The van der Waals surface area contributed by atoms with Crippen LogP contribution in [0.1, 0.15) is 111 Å². The van der Waals surface area contributed by atoms with Gasteiger partial charge in [-0.25, -0.2) is 23.5 Å². The molecule has 7 rings (SSSR count). The van der Waals surface area contributed by atoms with E-state index in [4.69, 9.17) is 10.5 Å². The average Bonchev–Trinajstić information content (AvgIpc) is 4.02. The lowest BCUT2D eigenvalue weighted by Crippen LogP contribution is -2.49. The van der Waals surface area contributed by atoms with Crippen LogP contribution in [0.5, 0.6) is 0 Å². The number of amides is 5. The number of halogens is 1. The topological polar surface area (TPSA) is 251 Å². The highest BCUT2D eigenvalue weighted by Crippen LogP contribution is 2.28. The number of carboxylic acids is 1. The Morgan fingerprint density at radius 2 is 1.57 bits per heavy atom. The summed E-state index contributed by atoms with van der Waals surface area (Å²) in [4.78, 5) is 77.8. The number of nitrogens with one attached hydrogen (secondary N) is 4. The summed E-state index contributed by atoms with van der Waals surface area (Å²) in [6.45, 7) is 10.7. The maximum absolute atomic E-state index is 15.4. The number of imide groups is 1. The van der Waals surface area contributed by atoms with Gasteiger partial charge in [0.1, 0.15) is 18.0 Å². The first kappa shape index (κ1) is 56.3. The molecule has 3 atom stereocenters. The lowest BCUT2D eigenvalue weighted by atomic mass is 10.00. The first-order valence-corrected chi connectivity index (χ1v) is 26.6. The predicted molar refractivity (Wildman–Crippen MR) is 288 cm³/mol. The number of anilines is 2. The molecule has 0 spiro atoms. The van der Waals surface area contributed by atoms with Gasteiger partial charge >= 0.3 is 18.1 Å². The summed E-state index contributed by atoms with van der Waals surface area (Å²) < 4.78 is 24.6. The fourth-order valence-electron chi connectivity index (χ4n) is 9.86. The minimum absolute atomic E-state index is 0.00441. The molecule has 3 aromatic carbocycles. The number of aromatic nitrogens is 4. The summed E-state index contributed by atoms with van der Waals surface area (Å²) in [6.07, 6.45) is 9.37. The number of fused-ring (bicyclic) bond motifs is 1. The number of urea groups is 1. The van der Waals surface area contributed by atoms with Crippen molar-refractivity contribution in [3.8, 4) is 0 Å². The van der Waals surface area contributed by atoms with Gasteiger partial charge in [0.15, 0.2) is 0 Å². The molecule has 20 nitrogen and oxygen atoms in total. The van der Waals surface area contributed by atoms with E-state index in [-0.39, 0.29) is 66.6 Å². The molecule has 408 valence electrons.